The van der Waals surface area contributed by atoms with Gasteiger partial charge in [0.25, 0.3) is 0 Å². The van der Waals surface area contributed by atoms with Crippen LogP contribution in [0.15, 0.2) is 18.2 Å². The predicted molar refractivity (Wildman–Crippen MR) is 60.9 cm³/mol. The second-order valence-corrected chi connectivity index (χ2v) is 4.80. The summed E-state index contributed by atoms with van der Waals surface area (Å²) in [6.07, 6.45) is 0. The van der Waals surface area contributed by atoms with Gasteiger partial charge in [-0.1, -0.05) is 28.1 Å². The molecule has 1 aromatic carbocycles. The second-order valence-electron chi connectivity index (χ2n) is 2.98. The first kappa shape index (κ1) is 9.03. The zero-order chi connectivity index (χ0) is 9.42. The van der Waals surface area contributed by atoms with Gasteiger partial charge >= 0.3 is 0 Å². The molecule has 0 amide bonds. The Morgan fingerprint density at radius 3 is 2.92 bits per heavy atom. The van der Waals surface area contributed by atoms with Crippen molar-refractivity contribution in [1.29, 1.82) is 0 Å². The topological polar surface area (TPSA) is 20.2 Å². The van der Waals surface area contributed by atoms with Crippen molar-refractivity contribution in [2.45, 2.75) is 12.3 Å². The molecule has 0 bridgehead atoms. The Balaban J connectivity index is 2.78. The van der Waals surface area contributed by atoms with Crippen molar-refractivity contribution in [2.75, 3.05) is 0 Å². The van der Waals surface area contributed by atoms with E-state index in [1.54, 1.807) is 11.3 Å². The normalized spacial score (nSPS) is 10.9. The van der Waals surface area contributed by atoms with Gasteiger partial charge in [0.2, 0.25) is 0 Å². The Hall–Kier alpha value is -0.540. The first-order valence-electron chi connectivity index (χ1n) is 3.99. The highest BCUT2D eigenvalue weighted by molar-refractivity contribution is 9.08. The molecule has 0 aliphatic heterocycles. The van der Waals surface area contributed by atoms with Crippen LogP contribution in [0.4, 0.5) is 0 Å². The zero-order valence-corrected chi connectivity index (χ0v) is 9.58. The van der Waals surface area contributed by atoms with Crippen molar-refractivity contribution in [2.24, 2.45) is 0 Å². The molecule has 0 saturated carbocycles. The van der Waals surface area contributed by atoms with Crippen LogP contribution in [-0.2, 0) is 5.33 Å². The van der Waals surface area contributed by atoms with Crippen LogP contribution in [0.5, 0.6) is 5.75 Å². The van der Waals surface area contributed by atoms with E-state index in [4.69, 9.17) is 0 Å². The first-order chi connectivity index (χ1) is 6.22. The molecule has 13 heavy (non-hydrogen) atoms. The van der Waals surface area contributed by atoms with Gasteiger partial charge in [-0.3, -0.25) is 0 Å². The zero-order valence-electron chi connectivity index (χ0n) is 7.17. The quantitative estimate of drug-likeness (QED) is 0.770. The van der Waals surface area contributed by atoms with Crippen molar-refractivity contribution >= 4 is 37.4 Å². The predicted octanol–water partition coefficient (Wildman–Crippen LogP) is 3.81. The van der Waals surface area contributed by atoms with E-state index in [0.717, 1.165) is 15.6 Å². The molecule has 1 N–H and O–H groups in total. The molecule has 0 aliphatic carbocycles. The second kappa shape index (κ2) is 3.31. The van der Waals surface area contributed by atoms with E-state index in [9.17, 15) is 5.11 Å². The monoisotopic (exact) mass is 256 g/mol. The minimum absolute atomic E-state index is 0.424. The van der Waals surface area contributed by atoms with Crippen molar-refractivity contribution < 1.29 is 5.11 Å². The number of fused-ring (bicyclic) bond motifs is 1. The number of rotatable bonds is 1. The number of aryl methyl sites for hydroxylation is 1. The van der Waals surface area contributed by atoms with E-state index in [0.29, 0.717) is 11.1 Å². The molecular formula is C10H9BrOS. The van der Waals surface area contributed by atoms with Crippen LogP contribution in [0.25, 0.3) is 10.1 Å². The number of phenols is 1. The molecule has 3 heteroatoms. The first-order valence-corrected chi connectivity index (χ1v) is 5.93. The number of halogens is 1. The highest BCUT2D eigenvalue weighted by Crippen LogP contribution is 2.35. The van der Waals surface area contributed by atoms with Crippen LogP contribution in [0.1, 0.15) is 10.4 Å². The van der Waals surface area contributed by atoms with Gasteiger partial charge in [-0.2, -0.15) is 0 Å². The summed E-state index contributed by atoms with van der Waals surface area (Å²) in [6, 6.07) is 6.10. The van der Waals surface area contributed by atoms with Gasteiger partial charge in [-0.05, 0) is 18.4 Å². The fourth-order valence-corrected chi connectivity index (χ4v) is 2.80. The number of phenolic OH excluding ortho intramolecular Hbond substituents is 1. The van der Waals surface area contributed by atoms with Gasteiger partial charge in [0.1, 0.15) is 5.75 Å². The van der Waals surface area contributed by atoms with E-state index in [1.165, 1.54) is 4.88 Å². The molecule has 0 unspecified atom stereocenters. The smallest absolute Gasteiger partial charge is 0.137 e. The van der Waals surface area contributed by atoms with Gasteiger partial charge in [0.15, 0.2) is 0 Å². The molecular weight excluding hydrogens is 248 g/mol. The van der Waals surface area contributed by atoms with Crippen LogP contribution in [-0.4, -0.2) is 5.11 Å². The standard InChI is InChI=1S/C10H9BrOS/c1-6-4-7-2-3-8(5-11)9(12)10(7)13-6/h2-4,12H,5H2,1H3. The van der Waals surface area contributed by atoms with E-state index in [1.807, 2.05) is 6.07 Å². The molecule has 68 valence electrons. The maximum atomic E-state index is 9.84. The molecule has 1 heterocycles. The molecule has 0 atom stereocenters. The Morgan fingerprint density at radius 2 is 2.23 bits per heavy atom. The fourth-order valence-electron chi connectivity index (χ4n) is 1.37. The maximum absolute atomic E-state index is 9.84. The Morgan fingerprint density at radius 1 is 1.46 bits per heavy atom. The van der Waals surface area contributed by atoms with Crippen LogP contribution < -0.4 is 0 Å². The lowest BCUT2D eigenvalue weighted by molar-refractivity contribution is 0.478. The number of alkyl halides is 1. The number of hydrogen-bond acceptors (Lipinski definition) is 2. The van der Waals surface area contributed by atoms with Gasteiger partial charge in [-0.15, -0.1) is 11.3 Å². The summed E-state index contributed by atoms with van der Waals surface area (Å²) in [5, 5.41) is 11.7. The number of hydrogen-bond donors (Lipinski definition) is 1. The van der Waals surface area contributed by atoms with Crippen LogP contribution in [0, 0.1) is 6.92 Å². The van der Waals surface area contributed by atoms with Crippen molar-refractivity contribution in [3.8, 4) is 5.75 Å². The van der Waals surface area contributed by atoms with E-state index in [-0.39, 0.29) is 0 Å². The SMILES string of the molecule is Cc1cc2ccc(CBr)c(O)c2s1. The summed E-state index contributed by atoms with van der Waals surface area (Å²) in [4.78, 5) is 1.23. The van der Waals surface area contributed by atoms with Crippen LogP contribution >= 0.6 is 27.3 Å². The summed E-state index contributed by atoms with van der Waals surface area (Å²) in [6.45, 7) is 2.05. The highest BCUT2D eigenvalue weighted by atomic mass is 79.9. The molecule has 1 aromatic heterocycles. The maximum Gasteiger partial charge on any atom is 0.137 e. The summed E-state index contributed by atoms with van der Waals surface area (Å²) in [7, 11) is 0. The summed E-state index contributed by atoms with van der Waals surface area (Å²) in [5.74, 6) is 0.424. The Bertz CT molecular complexity index is 447. The Labute approximate surface area is 89.1 Å². The molecule has 2 aromatic rings. The summed E-state index contributed by atoms with van der Waals surface area (Å²) >= 11 is 4.98. The van der Waals surface area contributed by atoms with Crippen molar-refractivity contribution in [3.05, 3.63) is 28.6 Å². The number of benzene rings is 1. The lowest BCUT2D eigenvalue weighted by atomic mass is 10.2. The number of thiophene rings is 1. The van der Waals surface area contributed by atoms with Gasteiger partial charge in [-0.25, -0.2) is 0 Å². The van der Waals surface area contributed by atoms with E-state index in [2.05, 4.69) is 35.0 Å². The minimum atomic E-state index is 0.424. The van der Waals surface area contributed by atoms with E-state index < -0.39 is 0 Å². The van der Waals surface area contributed by atoms with Gasteiger partial charge < -0.3 is 5.11 Å². The fraction of sp³-hybridized carbons (Fsp3) is 0.200. The van der Waals surface area contributed by atoms with E-state index >= 15 is 0 Å². The minimum Gasteiger partial charge on any atom is -0.506 e. The molecule has 0 radical (unpaired) electrons. The summed E-state index contributed by atoms with van der Waals surface area (Å²) in [5.41, 5.74) is 0.953. The molecule has 0 saturated heterocycles. The average Bonchev–Trinajstić information content (AvgIpc) is 2.47. The third-order valence-electron chi connectivity index (χ3n) is 2.01. The molecule has 0 spiro atoms. The van der Waals surface area contributed by atoms with Crippen LogP contribution in [0.3, 0.4) is 0 Å². The molecule has 0 aliphatic rings. The van der Waals surface area contributed by atoms with Crippen molar-refractivity contribution in [1.82, 2.24) is 0 Å². The summed E-state index contributed by atoms with van der Waals surface area (Å²) < 4.78 is 0.995. The molecule has 2 rings (SSSR count). The highest BCUT2D eigenvalue weighted by Gasteiger charge is 2.07. The lowest BCUT2D eigenvalue weighted by Gasteiger charge is -2.00. The van der Waals surface area contributed by atoms with Gasteiger partial charge in [0.05, 0.1) is 4.70 Å². The third-order valence-corrected chi connectivity index (χ3v) is 3.69. The lowest BCUT2D eigenvalue weighted by Crippen LogP contribution is -1.77. The Kier molecular flexibility index (Phi) is 2.30. The van der Waals surface area contributed by atoms with Gasteiger partial charge in [0, 0.05) is 15.8 Å². The average molecular weight is 257 g/mol. The van der Waals surface area contributed by atoms with Crippen LogP contribution in [0.2, 0.25) is 0 Å². The molecule has 1 nitrogen and oxygen atoms in total. The third kappa shape index (κ3) is 1.46. The van der Waals surface area contributed by atoms with Crippen molar-refractivity contribution in [3.63, 3.8) is 0 Å². The largest absolute Gasteiger partial charge is 0.506 e. The number of aromatic hydroxyl groups is 1. The molecule has 0 fully saturated rings.